The number of anilines is 2. The number of nitrogens with zero attached hydrogens (tertiary/aromatic N) is 1. The minimum atomic E-state index is -0.658. The van der Waals surface area contributed by atoms with E-state index in [1.807, 2.05) is 26.2 Å². The Balaban J connectivity index is 1.49. The number of rotatable bonds is 6. The molecule has 3 aromatic rings. The van der Waals surface area contributed by atoms with E-state index in [4.69, 9.17) is 9.26 Å². The molecule has 0 saturated carbocycles. The second kappa shape index (κ2) is 8.91. The first kappa shape index (κ1) is 21.3. The van der Waals surface area contributed by atoms with E-state index in [0.717, 1.165) is 0 Å². The predicted octanol–water partition coefficient (Wildman–Crippen LogP) is 4.08. The molecular formula is C21H21N3O5S. The van der Waals surface area contributed by atoms with Gasteiger partial charge in [0.1, 0.15) is 0 Å². The first-order valence-electron chi connectivity index (χ1n) is 9.11. The van der Waals surface area contributed by atoms with Crippen molar-refractivity contribution in [2.24, 2.45) is 0 Å². The van der Waals surface area contributed by atoms with Crippen molar-refractivity contribution in [2.75, 3.05) is 17.2 Å². The van der Waals surface area contributed by atoms with E-state index in [1.54, 1.807) is 30.3 Å². The van der Waals surface area contributed by atoms with Gasteiger partial charge >= 0.3 is 5.97 Å². The summed E-state index contributed by atoms with van der Waals surface area (Å²) in [6.07, 6.45) is 0. The first-order valence-corrected chi connectivity index (χ1v) is 9.99. The van der Waals surface area contributed by atoms with Gasteiger partial charge in [-0.3, -0.25) is 14.9 Å². The van der Waals surface area contributed by atoms with E-state index < -0.39 is 18.5 Å². The van der Waals surface area contributed by atoms with Gasteiger partial charge < -0.3 is 14.6 Å². The van der Waals surface area contributed by atoms with Gasteiger partial charge in [0.25, 0.3) is 11.8 Å². The summed E-state index contributed by atoms with van der Waals surface area (Å²) in [4.78, 5) is 36.7. The third-order valence-corrected chi connectivity index (χ3v) is 4.87. The molecule has 2 N–H and O–H groups in total. The second-order valence-electron chi connectivity index (χ2n) is 7.46. The Morgan fingerprint density at radius 2 is 1.83 bits per heavy atom. The summed E-state index contributed by atoms with van der Waals surface area (Å²) < 4.78 is 10.1. The van der Waals surface area contributed by atoms with Crippen molar-refractivity contribution >= 4 is 40.7 Å². The summed E-state index contributed by atoms with van der Waals surface area (Å²) in [7, 11) is 0. The van der Waals surface area contributed by atoms with Crippen LogP contribution < -0.4 is 10.6 Å². The zero-order chi connectivity index (χ0) is 21.7. The summed E-state index contributed by atoms with van der Waals surface area (Å²) >= 11 is 1.34. The van der Waals surface area contributed by atoms with Crippen molar-refractivity contribution in [2.45, 2.75) is 26.2 Å². The lowest BCUT2D eigenvalue weighted by Crippen LogP contribution is -2.20. The number of hydrogen-bond donors (Lipinski definition) is 2. The van der Waals surface area contributed by atoms with E-state index in [0.29, 0.717) is 16.3 Å². The number of thiophene rings is 1. The van der Waals surface area contributed by atoms with Crippen LogP contribution in [0, 0.1) is 0 Å². The molecule has 0 radical (unpaired) electrons. The molecule has 0 atom stereocenters. The van der Waals surface area contributed by atoms with Crippen LogP contribution in [0.2, 0.25) is 0 Å². The minimum absolute atomic E-state index is 0.187. The molecule has 30 heavy (non-hydrogen) atoms. The van der Waals surface area contributed by atoms with Gasteiger partial charge in [-0.2, -0.15) is 0 Å². The highest BCUT2D eigenvalue weighted by molar-refractivity contribution is 7.12. The normalized spacial score (nSPS) is 11.0. The molecule has 9 heteroatoms. The second-order valence-corrected chi connectivity index (χ2v) is 8.41. The molecule has 0 bridgehead atoms. The standard InChI is InChI=1S/C21H21N3O5S/c1-21(2,3)16-11-18(29-24-16)23-17(25)12-28-20(27)13-6-8-14(9-7-13)22-19(26)15-5-4-10-30-15/h4-11H,12H2,1-3H3,(H,22,26)(H,23,25). The van der Waals surface area contributed by atoms with E-state index in [2.05, 4.69) is 15.8 Å². The quantitative estimate of drug-likeness (QED) is 0.574. The van der Waals surface area contributed by atoms with Gasteiger partial charge in [-0.05, 0) is 35.7 Å². The molecule has 0 aliphatic heterocycles. The molecule has 156 valence electrons. The molecule has 0 spiro atoms. The van der Waals surface area contributed by atoms with Crippen molar-refractivity contribution in [3.8, 4) is 0 Å². The first-order chi connectivity index (χ1) is 14.2. The van der Waals surface area contributed by atoms with E-state index in [1.165, 1.54) is 23.5 Å². The van der Waals surface area contributed by atoms with Crippen LogP contribution in [0.3, 0.4) is 0 Å². The van der Waals surface area contributed by atoms with E-state index in [9.17, 15) is 14.4 Å². The lowest BCUT2D eigenvalue weighted by atomic mass is 9.92. The molecule has 2 amide bonds. The Kier molecular flexibility index (Phi) is 6.31. The molecule has 0 aliphatic carbocycles. The van der Waals surface area contributed by atoms with E-state index in [-0.39, 0.29) is 22.8 Å². The van der Waals surface area contributed by atoms with Crippen molar-refractivity contribution < 1.29 is 23.6 Å². The van der Waals surface area contributed by atoms with Crippen LogP contribution in [0.4, 0.5) is 11.6 Å². The summed E-state index contributed by atoms with van der Waals surface area (Å²) in [6.45, 7) is 5.44. The molecule has 3 rings (SSSR count). The van der Waals surface area contributed by atoms with Crippen molar-refractivity contribution in [1.82, 2.24) is 5.16 Å². The summed E-state index contributed by atoms with van der Waals surface area (Å²) in [5.74, 6) is -1.24. The zero-order valence-electron chi connectivity index (χ0n) is 16.7. The van der Waals surface area contributed by atoms with Gasteiger partial charge in [-0.25, -0.2) is 4.79 Å². The van der Waals surface area contributed by atoms with Crippen LogP contribution in [0.1, 0.15) is 46.5 Å². The van der Waals surface area contributed by atoms with Gasteiger partial charge in [0.2, 0.25) is 5.88 Å². The Bertz CT molecular complexity index is 1030. The van der Waals surface area contributed by atoms with E-state index >= 15 is 0 Å². The van der Waals surface area contributed by atoms with Crippen molar-refractivity contribution in [3.05, 3.63) is 64.0 Å². The van der Waals surface area contributed by atoms with Crippen LogP contribution in [0.5, 0.6) is 0 Å². The zero-order valence-corrected chi connectivity index (χ0v) is 17.5. The van der Waals surface area contributed by atoms with Crippen LogP contribution in [0.25, 0.3) is 0 Å². The van der Waals surface area contributed by atoms with Crippen LogP contribution in [-0.4, -0.2) is 29.5 Å². The fraction of sp³-hybridized carbons (Fsp3) is 0.238. The molecule has 1 aromatic carbocycles. The maximum absolute atomic E-state index is 12.1. The summed E-state index contributed by atoms with van der Waals surface area (Å²) in [6, 6.07) is 11.3. The number of hydrogen-bond acceptors (Lipinski definition) is 7. The molecule has 2 heterocycles. The fourth-order valence-corrected chi connectivity index (χ4v) is 2.98. The Morgan fingerprint density at radius 1 is 1.10 bits per heavy atom. The topological polar surface area (TPSA) is 111 Å². The molecule has 0 unspecified atom stereocenters. The van der Waals surface area contributed by atoms with Crippen molar-refractivity contribution in [3.63, 3.8) is 0 Å². The largest absolute Gasteiger partial charge is 0.452 e. The Labute approximate surface area is 177 Å². The number of aromatic nitrogens is 1. The molecular weight excluding hydrogens is 406 g/mol. The number of nitrogens with one attached hydrogen (secondary N) is 2. The van der Waals surface area contributed by atoms with Gasteiger partial charge in [-0.1, -0.05) is 32.0 Å². The number of ether oxygens (including phenoxy) is 1. The molecule has 0 aliphatic rings. The number of carbonyl (C=O) groups excluding carboxylic acids is 3. The maximum Gasteiger partial charge on any atom is 0.338 e. The molecule has 0 saturated heterocycles. The SMILES string of the molecule is CC(C)(C)c1cc(NC(=O)COC(=O)c2ccc(NC(=O)c3cccs3)cc2)on1. The Hall–Kier alpha value is -3.46. The number of amides is 2. The highest BCUT2D eigenvalue weighted by atomic mass is 32.1. The van der Waals surface area contributed by atoms with Crippen LogP contribution >= 0.6 is 11.3 Å². The summed E-state index contributed by atoms with van der Waals surface area (Å²) in [5.41, 5.74) is 1.28. The molecule has 0 fully saturated rings. The van der Waals surface area contributed by atoms with Gasteiger partial charge in [0.15, 0.2) is 6.61 Å². The number of esters is 1. The van der Waals surface area contributed by atoms with Crippen molar-refractivity contribution in [1.29, 1.82) is 0 Å². The summed E-state index contributed by atoms with van der Waals surface area (Å²) in [5, 5.41) is 10.9. The number of carbonyl (C=O) groups is 3. The molecule has 8 nitrogen and oxygen atoms in total. The average Bonchev–Trinajstić information content (AvgIpc) is 3.38. The average molecular weight is 427 g/mol. The third-order valence-electron chi connectivity index (χ3n) is 4.00. The fourth-order valence-electron chi connectivity index (χ4n) is 2.37. The third kappa shape index (κ3) is 5.54. The highest BCUT2D eigenvalue weighted by Crippen LogP contribution is 2.23. The lowest BCUT2D eigenvalue weighted by Gasteiger charge is -2.12. The van der Waals surface area contributed by atoms with Crippen LogP contribution in [0.15, 0.2) is 52.4 Å². The minimum Gasteiger partial charge on any atom is -0.452 e. The predicted molar refractivity (Wildman–Crippen MR) is 113 cm³/mol. The monoisotopic (exact) mass is 427 g/mol. The van der Waals surface area contributed by atoms with Gasteiger partial charge in [0.05, 0.1) is 16.1 Å². The Morgan fingerprint density at radius 3 is 2.43 bits per heavy atom. The van der Waals surface area contributed by atoms with Gasteiger partial charge in [0, 0.05) is 17.2 Å². The number of benzene rings is 1. The van der Waals surface area contributed by atoms with Crippen LogP contribution in [-0.2, 0) is 14.9 Å². The smallest absolute Gasteiger partial charge is 0.338 e. The highest BCUT2D eigenvalue weighted by Gasteiger charge is 2.20. The lowest BCUT2D eigenvalue weighted by molar-refractivity contribution is -0.119. The van der Waals surface area contributed by atoms with Gasteiger partial charge in [-0.15, -0.1) is 11.3 Å². The maximum atomic E-state index is 12.1. The molecule has 2 aromatic heterocycles.